The Labute approximate surface area is 194 Å². The number of nitrogens with one attached hydrogen (secondary N) is 2. The van der Waals surface area contributed by atoms with Gasteiger partial charge in [0.2, 0.25) is 5.95 Å². The molecule has 0 radical (unpaired) electrons. The quantitative estimate of drug-likeness (QED) is 0.343. The van der Waals surface area contributed by atoms with Gasteiger partial charge in [-0.25, -0.2) is 4.68 Å². The molecule has 1 aliphatic heterocycles. The molecule has 0 unspecified atom stereocenters. The molecule has 1 aliphatic rings. The topological polar surface area (TPSA) is 128 Å². The van der Waals surface area contributed by atoms with Gasteiger partial charge in [0.15, 0.2) is 5.82 Å². The molecular formula is C24H19N7O3. The van der Waals surface area contributed by atoms with Gasteiger partial charge >= 0.3 is 0 Å². The van der Waals surface area contributed by atoms with Crippen molar-refractivity contribution in [3.63, 3.8) is 0 Å². The third-order valence-corrected chi connectivity index (χ3v) is 5.48. The van der Waals surface area contributed by atoms with Crippen molar-refractivity contribution >= 4 is 23.2 Å². The van der Waals surface area contributed by atoms with Crippen molar-refractivity contribution < 1.29 is 9.72 Å². The fraction of sp³-hybridized carbons (Fsp3) is 0.0833. The molecule has 0 saturated heterocycles. The van der Waals surface area contributed by atoms with E-state index in [1.807, 2.05) is 30.3 Å². The van der Waals surface area contributed by atoms with Crippen LogP contribution in [0.15, 0.2) is 90.4 Å². The van der Waals surface area contributed by atoms with Crippen LogP contribution in [0.1, 0.15) is 18.5 Å². The number of nitro benzene ring substituents is 1. The van der Waals surface area contributed by atoms with Crippen molar-refractivity contribution in [2.75, 3.05) is 10.6 Å². The van der Waals surface area contributed by atoms with Gasteiger partial charge in [-0.15, -0.1) is 5.10 Å². The number of nitrogens with zero attached hydrogens (tertiary/aromatic N) is 5. The SMILES string of the molecule is CC1=C(C(=O)Nc2cccnc2)[C@H](c2ccccc2[N+](=O)[O-])n2nc(-c3ccccc3)nc2N1. The van der Waals surface area contributed by atoms with E-state index in [0.717, 1.165) is 5.56 Å². The van der Waals surface area contributed by atoms with Gasteiger partial charge in [0.25, 0.3) is 11.6 Å². The summed E-state index contributed by atoms with van der Waals surface area (Å²) in [6, 6.07) is 18.3. The molecule has 0 saturated carbocycles. The summed E-state index contributed by atoms with van der Waals surface area (Å²) in [6.07, 6.45) is 3.13. The number of allylic oxidation sites excluding steroid dienone is 1. The first kappa shape index (κ1) is 21.0. The van der Waals surface area contributed by atoms with Crippen LogP contribution in [0.5, 0.6) is 0 Å². The van der Waals surface area contributed by atoms with E-state index in [-0.39, 0.29) is 11.3 Å². The van der Waals surface area contributed by atoms with Gasteiger partial charge in [0, 0.05) is 23.5 Å². The third kappa shape index (κ3) is 3.77. The Kier molecular flexibility index (Phi) is 5.30. The molecule has 1 amide bonds. The fourth-order valence-electron chi connectivity index (χ4n) is 3.96. The molecule has 4 aromatic rings. The van der Waals surface area contributed by atoms with E-state index in [1.54, 1.807) is 43.5 Å². The van der Waals surface area contributed by atoms with Crippen molar-refractivity contribution in [1.29, 1.82) is 0 Å². The minimum atomic E-state index is -0.875. The average Bonchev–Trinajstić information content (AvgIpc) is 3.28. The van der Waals surface area contributed by atoms with E-state index in [2.05, 4.69) is 25.7 Å². The maximum absolute atomic E-state index is 13.5. The van der Waals surface area contributed by atoms with Crippen molar-refractivity contribution in [2.45, 2.75) is 13.0 Å². The predicted molar refractivity (Wildman–Crippen MR) is 126 cm³/mol. The molecule has 5 rings (SSSR count). The zero-order valence-corrected chi connectivity index (χ0v) is 18.0. The number of carbonyl (C=O) groups is 1. The normalized spacial score (nSPS) is 14.8. The Hall–Kier alpha value is -4.86. The molecule has 0 spiro atoms. The van der Waals surface area contributed by atoms with Crippen LogP contribution >= 0.6 is 0 Å². The number of hydrogen-bond donors (Lipinski definition) is 2. The first-order chi connectivity index (χ1) is 16.5. The molecule has 2 aromatic carbocycles. The second-order valence-corrected chi connectivity index (χ2v) is 7.65. The second-order valence-electron chi connectivity index (χ2n) is 7.65. The number of para-hydroxylation sites is 1. The van der Waals surface area contributed by atoms with Crippen LogP contribution < -0.4 is 10.6 Å². The molecule has 2 N–H and O–H groups in total. The number of rotatable bonds is 5. The Balaban J connectivity index is 1.66. The maximum Gasteiger partial charge on any atom is 0.275 e. The lowest BCUT2D eigenvalue weighted by atomic mass is 9.93. The number of aromatic nitrogens is 4. The van der Waals surface area contributed by atoms with Crippen LogP contribution in [0.25, 0.3) is 11.4 Å². The fourth-order valence-corrected chi connectivity index (χ4v) is 3.96. The highest BCUT2D eigenvalue weighted by Gasteiger charge is 2.37. The summed E-state index contributed by atoms with van der Waals surface area (Å²) in [5.41, 5.74) is 2.31. The summed E-state index contributed by atoms with van der Waals surface area (Å²) in [6.45, 7) is 1.74. The van der Waals surface area contributed by atoms with E-state index in [4.69, 9.17) is 0 Å². The van der Waals surface area contributed by atoms with Crippen LogP contribution in [0, 0.1) is 10.1 Å². The van der Waals surface area contributed by atoms with E-state index >= 15 is 0 Å². The number of pyridine rings is 1. The highest BCUT2D eigenvalue weighted by atomic mass is 16.6. The first-order valence-electron chi connectivity index (χ1n) is 10.5. The van der Waals surface area contributed by atoms with Crippen LogP contribution in [0.3, 0.4) is 0 Å². The number of nitro groups is 1. The van der Waals surface area contributed by atoms with Crippen molar-refractivity contribution in [3.05, 3.63) is 106 Å². The summed E-state index contributed by atoms with van der Waals surface area (Å²) in [5.74, 6) is 0.398. The number of fused-ring (bicyclic) bond motifs is 1. The Bertz CT molecular complexity index is 1420. The molecule has 0 aliphatic carbocycles. The Morgan fingerprint density at radius 3 is 2.59 bits per heavy atom. The van der Waals surface area contributed by atoms with Crippen molar-refractivity contribution in [1.82, 2.24) is 19.7 Å². The molecule has 10 heteroatoms. The summed E-state index contributed by atoms with van der Waals surface area (Å²) in [5, 5.41) is 22.5. The predicted octanol–water partition coefficient (Wildman–Crippen LogP) is 4.18. The number of hydrogen-bond acceptors (Lipinski definition) is 7. The lowest BCUT2D eigenvalue weighted by molar-refractivity contribution is -0.385. The van der Waals surface area contributed by atoms with Crippen molar-refractivity contribution in [3.8, 4) is 11.4 Å². The van der Waals surface area contributed by atoms with Gasteiger partial charge in [0.05, 0.1) is 27.9 Å². The van der Waals surface area contributed by atoms with Gasteiger partial charge in [0.1, 0.15) is 6.04 Å². The summed E-state index contributed by atoms with van der Waals surface area (Å²) in [7, 11) is 0. The lowest BCUT2D eigenvalue weighted by Crippen LogP contribution is -2.32. The smallest absolute Gasteiger partial charge is 0.275 e. The zero-order valence-electron chi connectivity index (χ0n) is 18.0. The van der Waals surface area contributed by atoms with E-state index in [0.29, 0.717) is 28.7 Å². The minimum absolute atomic E-state index is 0.114. The van der Waals surface area contributed by atoms with Gasteiger partial charge in [-0.2, -0.15) is 4.98 Å². The maximum atomic E-state index is 13.5. The van der Waals surface area contributed by atoms with Crippen LogP contribution in [0.4, 0.5) is 17.3 Å². The average molecular weight is 453 g/mol. The largest absolute Gasteiger partial charge is 0.328 e. The number of carbonyl (C=O) groups excluding carboxylic acids is 1. The zero-order chi connectivity index (χ0) is 23.7. The van der Waals surface area contributed by atoms with Gasteiger partial charge in [-0.05, 0) is 25.1 Å². The standard InChI is InChI=1S/C24H19N7O3/c1-15-20(23(32)27-17-10-7-13-25-14-17)21(18-11-5-6-12-19(18)31(33)34)30-24(26-15)28-22(29-30)16-8-3-2-4-9-16/h2-14,21H,1H3,(H,27,32)(H,26,28,29)/t21-/m0/s1. The summed E-state index contributed by atoms with van der Waals surface area (Å²) in [4.78, 5) is 33.5. The molecule has 0 fully saturated rings. The van der Waals surface area contributed by atoms with Crippen LogP contribution in [-0.4, -0.2) is 30.6 Å². The van der Waals surface area contributed by atoms with Gasteiger partial charge in [-0.1, -0.05) is 42.5 Å². The summed E-state index contributed by atoms with van der Waals surface area (Å²) >= 11 is 0. The monoisotopic (exact) mass is 453 g/mol. The summed E-state index contributed by atoms with van der Waals surface area (Å²) < 4.78 is 1.52. The van der Waals surface area contributed by atoms with Crippen molar-refractivity contribution in [2.24, 2.45) is 0 Å². The molecule has 1 atom stereocenters. The second kappa shape index (κ2) is 8.58. The molecule has 3 heterocycles. The van der Waals surface area contributed by atoms with E-state index < -0.39 is 16.9 Å². The van der Waals surface area contributed by atoms with Crippen LogP contribution in [0.2, 0.25) is 0 Å². The molecular weight excluding hydrogens is 434 g/mol. The third-order valence-electron chi connectivity index (χ3n) is 5.48. The molecule has 0 bridgehead atoms. The number of amides is 1. The van der Waals surface area contributed by atoms with E-state index in [1.165, 1.54) is 16.9 Å². The first-order valence-corrected chi connectivity index (χ1v) is 10.5. The highest BCUT2D eigenvalue weighted by molar-refractivity contribution is 6.06. The number of anilines is 2. The molecule has 168 valence electrons. The highest BCUT2D eigenvalue weighted by Crippen LogP contribution is 2.40. The van der Waals surface area contributed by atoms with Crippen LogP contribution in [-0.2, 0) is 4.79 Å². The molecule has 10 nitrogen and oxygen atoms in total. The van der Waals surface area contributed by atoms with Gasteiger partial charge in [-0.3, -0.25) is 19.9 Å². The lowest BCUT2D eigenvalue weighted by Gasteiger charge is -2.28. The molecule has 2 aromatic heterocycles. The van der Waals surface area contributed by atoms with Gasteiger partial charge < -0.3 is 10.6 Å². The number of benzene rings is 2. The Morgan fingerprint density at radius 2 is 1.85 bits per heavy atom. The minimum Gasteiger partial charge on any atom is -0.328 e. The Morgan fingerprint density at radius 1 is 1.09 bits per heavy atom. The van der Waals surface area contributed by atoms with E-state index in [9.17, 15) is 14.9 Å². The molecule has 34 heavy (non-hydrogen) atoms.